The Hall–Kier alpha value is 0.427. The van der Waals surface area contributed by atoms with Gasteiger partial charge >= 0.3 is 8.56 Å². The zero-order chi connectivity index (χ0) is 8.04. The van der Waals surface area contributed by atoms with Gasteiger partial charge in [-0.1, -0.05) is 0 Å². The molecular formula is C6H15ClO2Si. The third-order valence-corrected chi connectivity index (χ3v) is 4.88. The molecule has 0 saturated carbocycles. The number of rotatable bonds is 5. The number of hydrogen-bond donors (Lipinski definition) is 0. The van der Waals surface area contributed by atoms with Crippen LogP contribution in [0.2, 0.25) is 6.55 Å². The van der Waals surface area contributed by atoms with Crippen molar-refractivity contribution in [3.05, 3.63) is 0 Å². The summed E-state index contributed by atoms with van der Waals surface area (Å²) in [6, 6.07) is 0. The lowest BCUT2D eigenvalue weighted by Gasteiger charge is -2.22. The highest BCUT2D eigenvalue weighted by atomic mass is 35.5. The second kappa shape index (κ2) is 5.13. The molecule has 10 heavy (non-hydrogen) atoms. The molecular weight excluding hydrogens is 168 g/mol. The molecule has 0 atom stereocenters. The quantitative estimate of drug-likeness (QED) is 0.478. The Morgan fingerprint density at radius 3 is 1.80 bits per heavy atom. The summed E-state index contributed by atoms with van der Waals surface area (Å²) in [5.74, 6) is 0. The minimum absolute atomic E-state index is 0.509. The highest BCUT2D eigenvalue weighted by molar-refractivity contribution is 6.73. The second-order valence-corrected chi connectivity index (χ2v) is 6.05. The van der Waals surface area contributed by atoms with Gasteiger partial charge in [0.25, 0.3) is 0 Å². The van der Waals surface area contributed by atoms with Gasteiger partial charge in [-0.3, -0.25) is 0 Å². The SMILES string of the molecule is CCO[Si](C)(CCl)OCC. The largest absolute Gasteiger partial charge is 0.394 e. The minimum Gasteiger partial charge on any atom is -0.394 e. The summed E-state index contributed by atoms with van der Waals surface area (Å²) in [6.45, 7) is 7.27. The summed E-state index contributed by atoms with van der Waals surface area (Å²) in [6.07, 6.45) is 0. The Morgan fingerprint density at radius 2 is 1.60 bits per heavy atom. The Morgan fingerprint density at radius 1 is 1.20 bits per heavy atom. The van der Waals surface area contributed by atoms with E-state index in [0.717, 1.165) is 0 Å². The van der Waals surface area contributed by atoms with Crippen LogP contribution in [0.3, 0.4) is 0 Å². The predicted octanol–water partition coefficient (Wildman–Crippen LogP) is 1.91. The van der Waals surface area contributed by atoms with Crippen LogP contribution < -0.4 is 0 Å². The topological polar surface area (TPSA) is 18.5 Å². The molecule has 0 aromatic rings. The lowest BCUT2D eigenvalue weighted by atomic mass is 10.9. The van der Waals surface area contributed by atoms with Crippen molar-refractivity contribution in [2.24, 2.45) is 0 Å². The van der Waals surface area contributed by atoms with Crippen molar-refractivity contribution >= 4 is 20.2 Å². The molecule has 0 aromatic heterocycles. The van der Waals surface area contributed by atoms with Crippen LogP contribution in [0.15, 0.2) is 0 Å². The minimum atomic E-state index is -1.96. The molecule has 0 aromatic carbocycles. The highest BCUT2D eigenvalue weighted by Gasteiger charge is 2.29. The molecule has 0 amide bonds. The lowest BCUT2D eigenvalue weighted by molar-refractivity contribution is 0.194. The molecule has 0 rings (SSSR count). The van der Waals surface area contributed by atoms with E-state index in [0.29, 0.717) is 18.7 Å². The molecule has 0 fully saturated rings. The van der Waals surface area contributed by atoms with Crippen molar-refractivity contribution < 1.29 is 8.85 Å². The summed E-state index contributed by atoms with van der Waals surface area (Å²) in [5, 5.41) is 0. The average molecular weight is 183 g/mol. The summed E-state index contributed by atoms with van der Waals surface area (Å²) < 4.78 is 10.8. The van der Waals surface area contributed by atoms with Crippen LogP contribution in [-0.2, 0) is 8.85 Å². The number of halogens is 1. The normalized spacial score (nSPS) is 12.0. The summed E-state index contributed by atoms with van der Waals surface area (Å²) in [4.78, 5) is 0. The molecule has 0 saturated heterocycles. The van der Waals surface area contributed by atoms with Gasteiger partial charge in [-0.15, -0.1) is 11.6 Å². The Kier molecular flexibility index (Phi) is 5.35. The lowest BCUT2D eigenvalue weighted by Crippen LogP contribution is -2.41. The van der Waals surface area contributed by atoms with Gasteiger partial charge in [0.15, 0.2) is 0 Å². The maximum Gasteiger partial charge on any atom is 0.350 e. The maximum absolute atomic E-state index is 5.68. The van der Waals surface area contributed by atoms with Crippen LogP contribution in [-0.4, -0.2) is 27.3 Å². The molecule has 4 heteroatoms. The molecule has 0 spiro atoms. The van der Waals surface area contributed by atoms with E-state index in [2.05, 4.69) is 0 Å². The van der Waals surface area contributed by atoms with Crippen LogP contribution in [0.1, 0.15) is 13.8 Å². The van der Waals surface area contributed by atoms with Crippen molar-refractivity contribution in [2.75, 3.05) is 18.7 Å². The van der Waals surface area contributed by atoms with Gasteiger partial charge in [0.1, 0.15) is 0 Å². The van der Waals surface area contributed by atoms with Gasteiger partial charge in [-0.25, -0.2) is 0 Å². The van der Waals surface area contributed by atoms with Gasteiger partial charge in [-0.05, 0) is 20.4 Å². The van der Waals surface area contributed by atoms with Gasteiger partial charge in [0.2, 0.25) is 0 Å². The first-order valence-electron chi connectivity index (χ1n) is 3.52. The highest BCUT2D eigenvalue weighted by Crippen LogP contribution is 2.08. The van der Waals surface area contributed by atoms with Crippen LogP contribution >= 0.6 is 11.6 Å². The Bertz CT molecular complexity index is 83.8. The summed E-state index contributed by atoms with van der Waals surface area (Å²) in [7, 11) is -1.96. The third kappa shape index (κ3) is 3.56. The third-order valence-electron chi connectivity index (χ3n) is 1.14. The zero-order valence-electron chi connectivity index (χ0n) is 6.82. The first-order chi connectivity index (χ1) is 4.68. The van der Waals surface area contributed by atoms with Gasteiger partial charge in [-0.2, -0.15) is 0 Å². The fraction of sp³-hybridized carbons (Fsp3) is 1.00. The van der Waals surface area contributed by atoms with Crippen LogP contribution in [0, 0.1) is 0 Å². The van der Waals surface area contributed by atoms with Crippen LogP contribution in [0.25, 0.3) is 0 Å². The van der Waals surface area contributed by atoms with Crippen LogP contribution in [0.4, 0.5) is 0 Å². The first kappa shape index (κ1) is 10.4. The predicted molar refractivity (Wildman–Crippen MR) is 45.6 cm³/mol. The van der Waals surface area contributed by atoms with E-state index in [4.69, 9.17) is 20.5 Å². The smallest absolute Gasteiger partial charge is 0.350 e. The van der Waals surface area contributed by atoms with Gasteiger partial charge in [0.05, 0.1) is 5.50 Å². The monoisotopic (exact) mass is 182 g/mol. The fourth-order valence-corrected chi connectivity index (χ4v) is 2.65. The van der Waals surface area contributed by atoms with E-state index >= 15 is 0 Å². The molecule has 0 heterocycles. The molecule has 2 nitrogen and oxygen atoms in total. The van der Waals surface area contributed by atoms with Gasteiger partial charge in [0, 0.05) is 13.2 Å². The van der Waals surface area contributed by atoms with E-state index in [1.165, 1.54) is 0 Å². The molecule has 0 N–H and O–H groups in total. The fourth-order valence-electron chi connectivity index (χ4n) is 0.729. The average Bonchev–Trinajstić information content (AvgIpc) is 1.89. The van der Waals surface area contributed by atoms with E-state index in [1.807, 2.05) is 20.4 Å². The second-order valence-electron chi connectivity index (χ2n) is 2.13. The molecule has 0 bridgehead atoms. The molecule has 0 aliphatic carbocycles. The first-order valence-corrected chi connectivity index (χ1v) is 6.58. The van der Waals surface area contributed by atoms with Crippen molar-refractivity contribution in [1.82, 2.24) is 0 Å². The summed E-state index contributed by atoms with van der Waals surface area (Å²) in [5.41, 5.74) is 0.509. The van der Waals surface area contributed by atoms with E-state index in [9.17, 15) is 0 Å². The molecule has 0 unspecified atom stereocenters. The van der Waals surface area contributed by atoms with Crippen molar-refractivity contribution in [3.63, 3.8) is 0 Å². The van der Waals surface area contributed by atoms with Crippen molar-refractivity contribution in [3.8, 4) is 0 Å². The van der Waals surface area contributed by atoms with E-state index in [-0.39, 0.29) is 0 Å². The number of hydrogen-bond acceptors (Lipinski definition) is 2. The zero-order valence-corrected chi connectivity index (χ0v) is 8.57. The maximum atomic E-state index is 5.68. The molecule has 0 aliphatic rings. The molecule has 0 aliphatic heterocycles. The number of alkyl halides is 1. The Labute approximate surface area is 68.7 Å². The van der Waals surface area contributed by atoms with Crippen molar-refractivity contribution in [1.29, 1.82) is 0 Å². The summed E-state index contributed by atoms with van der Waals surface area (Å²) >= 11 is 5.68. The van der Waals surface area contributed by atoms with E-state index in [1.54, 1.807) is 0 Å². The molecule has 62 valence electrons. The van der Waals surface area contributed by atoms with Crippen molar-refractivity contribution in [2.45, 2.75) is 20.4 Å². The van der Waals surface area contributed by atoms with E-state index < -0.39 is 8.56 Å². The van der Waals surface area contributed by atoms with Crippen LogP contribution in [0.5, 0.6) is 0 Å². The Balaban J connectivity index is 3.69. The molecule has 0 radical (unpaired) electrons. The van der Waals surface area contributed by atoms with Gasteiger partial charge < -0.3 is 8.85 Å². The standard InChI is InChI=1S/C6H15ClO2Si/c1-4-8-10(3,6-7)9-5-2/h4-6H2,1-3H3.